The maximum absolute atomic E-state index is 2.77. The van der Waals surface area contributed by atoms with Gasteiger partial charge in [0.1, 0.15) is 0 Å². The third-order valence-electron chi connectivity index (χ3n) is 22.6. The molecule has 0 saturated carbocycles. The molecule has 0 bridgehead atoms. The molecule has 16 aromatic rings. The summed E-state index contributed by atoms with van der Waals surface area (Å²) in [6.45, 7) is -0.257. The first-order valence-electron chi connectivity index (χ1n) is 33.7. The quantitative estimate of drug-likeness (QED) is 0.159. The fraction of sp³-hybridized carbons (Fsp3) is 0.0217. The highest BCUT2D eigenvalue weighted by molar-refractivity contribution is 7.01. The summed E-state index contributed by atoms with van der Waals surface area (Å²) >= 11 is 0. The van der Waals surface area contributed by atoms with Gasteiger partial charge in [-0.05, 0) is 177 Å². The molecule has 2 spiro atoms. The highest BCUT2D eigenvalue weighted by Gasteiger charge is 2.57. The molecular formula is C92H56BN3. The van der Waals surface area contributed by atoms with E-state index in [0.29, 0.717) is 0 Å². The van der Waals surface area contributed by atoms with Gasteiger partial charge < -0.3 is 14.4 Å². The van der Waals surface area contributed by atoms with Gasteiger partial charge in [-0.3, -0.25) is 0 Å². The number of anilines is 6. The average molecular weight is 1210 g/mol. The van der Waals surface area contributed by atoms with Crippen molar-refractivity contribution in [2.24, 2.45) is 0 Å². The lowest BCUT2D eigenvalue weighted by atomic mass is 9.32. The zero-order chi connectivity index (χ0) is 62.5. The predicted octanol–water partition coefficient (Wildman–Crippen LogP) is 20.9. The van der Waals surface area contributed by atoms with Crippen molar-refractivity contribution in [3.63, 3.8) is 0 Å². The van der Waals surface area contributed by atoms with E-state index < -0.39 is 10.8 Å². The average Bonchev–Trinajstić information content (AvgIpc) is 1.63. The summed E-state index contributed by atoms with van der Waals surface area (Å²) in [6, 6.07) is 130. The molecule has 0 atom stereocenters. The van der Waals surface area contributed by atoms with Crippen LogP contribution in [0.15, 0.2) is 340 Å². The van der Waals surface area contributed by atoms with Crippen LogP contribution in [0.3, 0.4) is 0 Å². The van der Waals surface area contributed by atoms with E-state index in [1.54, 1.807) is 0 Å². The van der Waals surface area contributed by atoms with Crippen LogP contribution in [0.1, 0.15) is 44.5 Å². The molecule has 4 aliphatic carbocycles. The first-order chi connectivity index (χ1) is 47.7. The Kier molecular flexibility index (Phi) is 10.5. The molecule has 4 heteroatoms. The van der Waals surface area contributed by atoms with Crippen LogP contribution in [-0.4, -0.2) is 11.3 Å². The van der Waals surface area contributed by atoms with Crippen molar-refractivity contribution in [2.45, 2.75) is 10.8 Å². The number of rotatable bonds is 5. The molecule has 0 amide bonds. The number of nitrogens with zero attached hydrogens (tertiary/aromatic N) is 3. The fourth-order valence-electron chi connectivity index (χ4n) is 19.1. The maximum Gasteiger partial charge on any atom is 0.252 e. The van der Waals surface area contributed by atoms with E-state index in [-0.39, 0.29) is 6.71 Å². The van der Waals surface area contributed by atoms with Crippen molar-refractivity contribution in [3.05, 3.63) is 384 Å². The minimum absolute atomic E-state index is 0.257. The third kappa shape index (κ3) is 6.53. The van der Waals surface area contributed by atoms with Gasteiger partial charge in [0.15, 0.2) is 0 Å². The molecule has 22 rings (SSSR count). The highest BCUT2D eigenvalue weighted by atomic mass is 15.2. The van der Waals surface area contributed by atoms with Crippen LogP contribution in [0, 0.1) is 0 Å². The molecular weight excluding hydrogens is 1160 g/mol. The van der Waals surface area contributed by atoms with Crippen molar-refractivity contribution in [1.82, 2.24) is 4.57 Å². The number of aromatic nitrogens is 1. The van der Waals surface area contributed by atoms with Crippen LogP contribution >= 0.6 is 0 Å². The Labute approximate surface area is 557 Å². The lowest BCUT2D eigenvalue weighted by Crippen LogP contribution is -2.62. The largest absolute Gasteiger partial charge is 0.311 e. The van der Waals surface area contributed by atoms with Gasteiger partial charge in [0.05, 0.1) is 33.2 Å². The predicted molar refractivity (Wildman–Crippen MR) is 398 cm³/mol. The first-order valence-corrected chi connectivity index (χ1v) is 33.7. The Balaban J connectivity index is 0.931. The number of para-hydroxylation sites is 2. The Hall–Kier alpha value is -12.2. The van der Waals surface area contributed by atoms with Gasteiger partial charge in [0, 0.05) is 44.8 Å². The van der Waals surface area contributed by atoms with E-state index in [1.807, 2.05) is 0 Å². The number of hydrogen-bond acceptors (Lipinski definition) is 2. The molecule has 96 heavy (non-hydrogen) atoms. The third-order valence-corrected chi connectivity index (χ3v) is 22.6. The van der Waals surface area contributed by atoms with Crippen molar-refractivity contribution >= 4 is 79.0 Å². The summed E-state index contributed by atoms with van der Waals surface area (Å²) in [5.41, 5.74) is 38.5. The Morgan fingerprint density at radius 1 is 0.240 bits per heavy atom. The summed E-state index contributed by atoms with van der Waals surface area (Å²) in [5.74, 6) is 0. The summed E-state index contributed by atoms with van der Waals surface area (Å²) < 4.78 is 2.54. The molecule has 442 valence electrons. The second-order valence-electron chi connectivity index (χ2n) is 26.8. The topological polar surface area (TPSA) is 11.4 Å². The van der Waals surface area contributed by atoms with E-state index in [1.165, 1.54) is 155 Å². The molecule has 0 saturated heterocycles. The number of fused-ring (bicyclic) bond motifs is 28. The van der Waals surface area contributed by atoms with E-state index in [0.717, 1.165) is 34.1 Å². The standard InChI is InChI=1S/C92H56BN3/c1-3-24-57(25-4-1)59-46-49-61(50-47-59)94-82-52-48-60(58-26-5-2-6-27-58)54-79(82)93-89-85(94)55-62(95-80-43-21-13-33-68(80)69-34-14-22-44-81(69)95)56-86(89)96(83-45-23-36-70-67-32-11-19-41-76(67)92(88(70)83)74-39-17-9-30-65(74)66-31-10-18-40-75(66)92)84-53-51-78-87(90(84)93)71-35-12-20-42-77(71)91(78)72-37-15-7-28-63(72)64-29-8-16-38-73(64)91/h1-56H. The molecule has 3 heterocycles. The Morgan fingerprint density at radius 2 is 0.667 bits per heavy atom. The summed E-state index contributed by atoms with van der Waals surface area (Å²) in [4.78, 5) is 5.39. The molecule has 1 aromatic heterocycles. The second kappa shape index (κ2) is 19.2. The van der Waals surface area contributed by atoms with Gasteiger partial charge in [-0.2, -0.15) is 0 Å². The minimum atomic E-state index is -0.661. The molecule has 3 nitrogen and oxygen atoms in total. The zero-order valence-electron chi connectivity index (χ0n) is 52.3. The molecule has 0 fully saturated rings. The van der Waals surface area contributed by atoms with Gasteiger partial charge in [0.25, 0.3) is 6.71 Å². The van der Waals surface area contributed by atoms with E-state index in [9.17, 15) is 0 Å². The van der Waals surface area contributed by atoms with Gasteiger partial charge in [-0.1, -0.05) is 285 Å². The highest BCUT2D eigenvalue weighted by Crippen LogP contribution is 2.67. The Morgan fingerprint density at radius 3 is 1.24 bits per heavy atom. The molecule has 0 unspecified atom stereocenters. The van der Waals surface area contributed by atoms with Crippen LogP contribution in [0.5, 0.6) is 0 Å². The van der Waals surface area contributed by atoms with Crippen LogP contribution in [0.25, 0.3) is 94.3 Å². The van der Waals surface area contributed by atoms with E-state index >= 15 is 0 Å². The smallest absolute Gasteiger partial charge is 0.252 e. The SMILES string of the molecule is c1ccc(-c2ccc(N3c4ccc(-c5ccccc5)cc4B4c5c3cc(-n3c6ccccc6c6ccccc63)cc5N(c3cccc5c3C3(c6ccccc6-c6ccccc63)c3ccccc3-5)c3ccc5c(c34)-c3ccccc3C53c4ccccc4-c4ccccc43)cc2)cc1. The van der Waals surface area contributed by atoms with E-state index in [4.69, 9.17) is 0 Å². The molecule has 15 aromatic carbocycles. The van der Waals surface area contributed by atoms with Gasteiger partial charge in [-0.15, -0.1) is 0 Å². The van der Waals surface area contributed by atoms with Crippen molar-refractivity contribution in [2.75, 3.05) is 9.80 Å². The van der Waals surface area contributed by atoms with Gasteiger partial charge in [-0.25, -0.2) is 0 Å². The van der Waals surface area contributed by atoms with Crippen LogP contribution in [0.4, 0.5) is 34.1 Å². The normalized spacial score (nSPS) is 14.4. The molecule has 6 aliphatic rings. The molecule has 0 N–H and O–H groups in total. The number of benzene rings is 15. The Bertz CT molecular complexity index is 5900. The number of hydrogen-bond donors (Lipinski definition) is 0. The van der Waals surface area contributed by atoms with Crippen molar-refractivity contribution < 1.29 is 0 Å². The fourth-order valence-corrected chi connectivity index (χ4v) is 19.1. The lowest BCUT2D eigenvalue weighted by Gasteiger charge is -2.46. The van der Waals surface area contributed by atoms with Crippen LogP contribution < -0.4 is 26.2 Å². The first kappa shape index (κ1) is 52.3. The van der Waals surface area contributed by atoms with Crippen molar-refractivity contribution in [3.8, 4) is 72.4 Å². The monoisotopic (exact) mass is 1210 g/mol. The maximum atomic E-state index is 2.77. The van der Waals surface area contributed by atoms with Crippen LogP contribution in [0.2, 0.25) is 0 Å². The molecule has 2 aliphatic heterocycles. The summed E-state index contributed by atoms with van der Waals surface area (Å²) in [5, 5.41) is 2.45. The summed E-state index contributed by atoms with van der Waals surface area (Å²) in [7, 11) is 0. The summed E-state index contributed by atoms with van der Waals surface area (Å²) in [6.07, 6.45) is 0. The molecule has 0 radical (unpaired) electrons. The van der Waals surface area contributed by atoms with Gasteiger partial charge >= 0.3 is 0 Å². The van der Waals surface area contributed by atoms with Crippen molar-refractivity contribution in [1.29, 1.82) is 0 Å². The minimum Gasteiger partial charge on any atom is -0.311 e. The lowest BCUT2D eigenvalue weighted by molar-refractivity contribution is 0.792. The van der Waals surface area contributed by atoms with E-state index in [2.05, 4.69) is 354 Å². The zero-order valence-corrected chi connectivity index (χ0v) is 52.3. The second-order valence-corrected chi connectivity index (χ2v) is 26.8. The van der Waals surface area contributed by atoms with Gasteiger partial charge in [0.2, 0.25) is 0 Å². The van der Waals surface area contributed by atoms with Crippen LogP contribution in [-0.2, 0) is 10.8 Å².